The lowest BCUT2D eigenvalue weighted by Crippen LogP contribution is -2.49. The van der Waals surface area contributed by atoms with Crippen molar-refractivity contribution in [2.45, 2.75) is 32.2 Å². The van der Waals surface area contributed by atoms with Gasteiger partial charge in [-0.25, -0.2) is 14.8 Å². The summed E-state index contributed by atoms with van der Waals surface area (Å²) in [5.41, 5.74) is 2.58. The Labute approximate surface area is 157 Å². The average Bonchev–Trinajstić information content (AvgIpc) is 3.11. The molecule has 8 nitrogen and oxygen atoms in total. The molecule has 1 aromatic carbocycles. The highest BCUT2D eigenvalue weighted by Crippen LogP contribution is 2.19. The molecule has 1 atom stereocenters. The number of aromatic amines is 1. The van der Waals surface area contributed by atoms with Crippen LogP contribution in [0.2, 0.25) is 0 Å². The summed E-state index contributed by atoms with van der Waals surface area (Å²) in [4.78, 5) is 30.8. The summed E-state index contributed by atoms with van der Waals surface area (Å²) >= 11 is 0. The van der Waals surface area contributed by atoms with Crippen LogP contribution in [0.15, 0.2) is 36.8 Å². The van der Waals surface area contributed by atoms with Crippen molar-refractivity contribution in [3.05, 3.63) is 42.6 Å². The van der Waals surface area contributed by atoms with Crippen LogP contribution in [0, 0.1) is 0 Å². The topological polar surface area (TPSA) is 98.8 Å². The Morgan fingerprint density at radius 2 is 2.30 bits per heavy atom. The second-order valence-electron chi connectivity index (χ2n) is 6.72. The highest BCUT2D eigenvalue weighted by molar-refractivity contribution is 5.92. The van der Waals surface area contributed by atoms with Crippen LogP contribution in [0.3, 0.4) is 0 Å². The first-order chi connectivity index (χ1) is 13.2. The standard InChI is InChI=1S/C19H23N7O/c1-2-17-24-15-6-5-13(10-16(15)25-17)22-19(27)23-14-4-3-9-26(12-14)18-11-20-7-8-21-18/h5-8,10-11,14H,2-4,9,12H2,1H3,(H,24,25)(H2,22,23,27). The van der Waals surface area contributed by atoms with E-state index in [1.165, 1.54) is 0 Å². The van der Waals surface area contributed by atoms with Gasteiger partial charge in [-0.1, -0.05) is 6.92 Å². The molecule has 3 N–H and O–H groups in total. The van der Waals surface area contributed by atoms with Gasteiger partial charge in [0, 0.05) is 43.6 Å². The van der Waals surface area contributed by atoms with Crippen LogP contribution >= 0.6 is 0 Å². The summed E-state index contributed by atoms with van der Waals surface area (Å²) in [6.45, 7) is 3.71. The number of aryl methyl sites for hydroxylation is 1. The predicted molar refractivity (Wildman–Crippen MR) is 105 cm³/mol. The molecule has 0 bridgehead atoms. The van der Waals surface area contributed by atoms with Gasteiger partial charge < -0.3 is 20.5 Å². The Hall–Kier alpha value is -3.16. The number of urea groups is 1. The Morgan fingerprint density at radius 3 is 3.11 bits per heavy atom. The molecule has 3 heterocycles. The Bertz CT molecular complexity index is 924. The molecule has 27 heavy (non-hydrogen) atoms. The minimum atomic E-state index is -0.199. The van der Waals surface area contributed by atoms with Crippen molar-refractivity contribution in [3.63, 3.8) is 0 Å². The molecule has 2 aromatic heterocycles. The van der Waals surface area contributed by atoms with Crippen LogP contribution in [-0.2, 0) is 6.42 Å². The van der Waals surface area contributed by atoms with Crippen LogP contribution in [0.4, 0.5) is 16.3 Å². The molecule has 1 aliphatic rings. The zero-order valence-electron chi connectivity index (χ0n) is 15.3. The summed E-state index contributed by atoms with van der Waals surface area (Å²) in [5, 5.41) is 5.98. The summed E-state index contributed by atoms with van der Waals surface area (Å²) in [6, 6.07) is 5.57. The number of amides is 2. The van der Waals surface area contributed by atoms with Crippen LogP contribution in [0.5, 0.6) is 0 Å². The first-order valence-electron chi connectivity index (χ1n) is 9.28. The molecule has 8 heteroatoms. The molecule has 3 aromatic rings. The first-order valence-corrected chi connectivity index (χ1v) is 9.28. The molecule has 1 fully saturated rings. The summed E-state index contributed by atoms with van der Waals surface area (Å²) in [6.07, 6.45) is 7.91. The minimum Gasteiger partial charge on any atom is -0.353 e. The minimum absolute atomic E-state index is 0.0725. The van der Waals surface area contributed by atoms with Gasteiger partial charge in [-0.15, -0.1) is 0 Å². The summed E-state index contributed by atoms with van der Waals surface area (Å²) < 4.78 is 0. The second kappa shape index (κ2) is 7.61. The number of carbonyl (C=O) groups excluding carboxylic acids is 1. The third-order valence-electron chi connectivity index (χ3n) is 4.75. The van der Waals surface area contributed by atoms with Gasteiger partial charge in [-0.05, 0) is 31.0 Å². The highest BCUT2D eigenvalue weighted by atomic mass is 16.2. The number of hydrogen-bond acceptors (Lipinski definition) is 5. The molecule has 1 aliphatic heterocycles. The number of anilines is 2. The molecule has 0 spiro atoms. The van der Waals surface area contributed by atoms with E-state index in [9.17, 15) is 4.79 Å². The number of carbonyl (C=O) groups is 1. The van der Waals surface area contributed by atoms with Gasteiger partial charge in [0.25, 0.3) is 0 Å². The molecular formula is C19H23N7O. The molecule has 1 unspecified atom stereocenters. The number of piperidine rings is 1. The lowest BCUT2D eigenvalue weighted by Gasteiger charge is -2.33. The number of rotatable bonds is 4. The zero-order chi connectivity index (χ0) is 18.6. The van der Waals surface area contributed by atoms with Gasteiger partial charge in [0.1, 0.15) is 11.6 Å². The van der Waals surface area contributed by atoms with E-state index in [1.807, 2.05) is 18.2 Å². The number of imidazole rings is 1. The fourth-order valence-corrected chi connectivity index (χ4v) is 3.42. The predicted octanol–water partition coefficient (Wildman–Crippen LogP) is 2.71. The SMILES string of the molecule is CCc1nc2ccc(NC(=O)NC3CCCN(c4cnccn4)C3)cc2[nH]1. The highest BCUT2D eigenvalue weighted by Gasteiger charge is 2.22. The number of hydrogen-bond donors (Lipinski definition) is 3. The third-order valence-corrected chi connectivity index (χ3v) is 4.75. The first kappa shape index (κ1) is 17.3. The van der Waals surface area contributed by atoms with Gasteiger partial charge in [0.2, 0.25) is 0 Å². The maximum absolute atomic E-state index is 12.4. The summed E-state index contributed by atoms with van der Waals surface area (Å²) in [5.74, 6) is 1.79. The van der Waals surface area contributed by atoms with E-state index in [-0.39, 0.29) is 12.1 Å². The van der Waals surface area contributed by atoms with Crippen molar-refractivity contribution < 1.29 is 4.79 Å². The number of H-pyrrole nitrogens is 1. The average molecular weight is 365 g/mol. The van der Waals surface area contributed by atoms with Crippen molar-refractivity contribution in [3.8, 4) is 0 Å². The maximum atomic E-state index is 12.4. The van der Waals surface area contributed by atoms with E-state index < -0.39 is 0 Å². The Kier molecular flexibility index (Phi) is 4.86. The number of aromatic nitrogens is 4. The number of nitrogens with zero attached hydrogens (tertiary/aromatic N) is 4. The second-order valence-corrected chi connectivity index (χ2v) is 6.72. The van der Waals surface area contributed by atoms with Crippen LogP contribution in [0.25, 0.3) is 11.0 Å². The molecule has 0 saturated carbocycles. The van der Waals surface area contributed by atoms with Gasteiger partial charge in [-0.2, -0.15) is 0 Å². The Balaban J connectivity index is 1.37. The van der Waals surface area contributed by atoms with E-state index in [4.69, 9.17) is 0 Å². The smallest absolute Gasteiger partial charge is 0.319 e. The number of fused-ring (bicyclic) bond motifs is 1. The quantitative estimate of drug-likeness (QED) is 0.660. The van der Waals surface area contributed by atoms with E-state index in [0.717, 1.165) is 60.7 Å². The van der Waals surface area contributed by atoms with Crippen molar-refractivity contribution in [1.82, 2.24) is 25.3 Å². The number of benzene rings is 1. The molecular weight excluding hydrogens is 342 g/mol. The molecule has 2 amide bonds. The van der Waals surface area contributed by atoms with Gasteiger partial charge in [0.15, 0.2) is 0 Å². The molecule has 0 radical (unpaired) electrons. The van der Waals surface area contributed by atoms with Gasteiger partial charge >= 0.3 is 6.03 Å². The lowest BCUT2D eigenvalue weighted by atomic mass is 10.1. The van der Waals surface area contributed by atoms with Crippen molar-refractivity contribution >= 4 is 28.6 Å². The van der Waals surface area contributed by atoms with Gasteiger partial charge in [0.05, 0.1) is 17.2 Å². The van der Waals surface area contributed by atoms with Gasteiger partial charge in [-0.3, -0.25) is 4.98 Å². The van der Waals surface area contributed by atoms with E-state index in [0.29, 0.717) is 0 Å². The van der Waals surface area contributed by atoms with Crippen LogP contribution in [0.1, 0.15) is 25.6 Å². The van der Waals surface area contributed by atoms with E-state index in [1.54, 1.807) is 18.6 Å². The lowest BCUT2D eigenvalue weighted by molar-refractivity contribution is 0.246. The van der Waals surface area contributed by atoms with Crippen molar-refractivity contribution in [1.29, 1.82) is 0 Å². The largest absolute Gasteiger partial charge is 0.353 e. The molecule has 4 rings (SSSR count). The van der Waals surface area contributed by atoms with Crippen LogP contribution in [-0.4, -0.2) is 45.1 Å². The maximum Gasteiger partial charge on any atom is 0.319 e. The van der Waals surface area contributed by atoms with Crippen molar-refractivity contribution in [2.75, 3.05) is 23.3 Å². The fourth-order valence-electron chi connectivity index (χ4n) is 3.42. The third kappa shape index (κ3) is 3.99. The zero-order valence-corrected chi connectivity index (χ0v) is 15.3. The Morgan fingerprint density at radius 1 is 1.37 bits per heavy atom. The van der Waals surface area contributed by atoms with E-state index >= 15 is 0 Å². The van der Waals surface area contributed by atoms with E-state index in [2.05, 4.69) is 42.4 Å². The van der Waals surface area contributed by atoms with Crippen LogP contribution < -0.4 is 15.5 Å². The monoisotopic (exact) mass is 365 g/mol. The molecule has 140 valence electrons. The fraction of sp³-hybridized carbons (Fsp3) is 0.368. The van der Waals surface area contributed by atoms with Crippen molar-refractivity contribution in [2.24, 2.45) is 0 Å². The summed E-state index contributed by atoms with van der Waals surface area (Å²) in [7, 11) is 0. The molecule has 0 aliphatic carbocycles. The normalized spacial score (nSPS) is 17.1. The molecule has 1 saturated heterocycles. The number of nitrogens with one attached hydrogen (secondary N) is 3.